The molecule has 1 aromatic heterocycles. The minimum absolute atomic E-state index is 0.658. The van der Waals surface area contributed by atoms with Crippen LogP contribution in [0.15, 0.2) is 206 Å². The fraction of sp³-hybridized carbons (Fsp3) is 0. The van der Waals surface area contributed by atoms with E-state index in [2.05, 4.69) is 194 Å². The first kappa shape index (κ1) is 33.5. The van der Waals surface area contributed by atoms with Crippen molar-refractivity contribution in [3.05, 3.63) is 212 Å². The van der Waals surface area contributed by atoms with Crippen LogP contribution in [0.4, 0.5) is 0 Å². The van der Waals surface area contributed by atoms with Crippen molar-refractivity contribution in [3.8, 4) is 95.3 Å². The molecule has 0 saturated heterocycles. The Morgan fingerprint density at radius 3 is 1.33 bits per heavy atom. The van der Waals surface area contributed by atoms with Crippen molar-refractivity contribution in [2.45, 2.75) is 0 Å². The minimum atomic E-state index is 0.658. The van der Waals surface area contributed by atoms with Crippen LogP contribution in [0.3, 0.4) is 0 Å². The Hall–Kier alpha value is -7.86. The molecule has 2 nitrogen and oxygen atoms in total. The third-order valence-corrected chi connectivity index (χ3v) is 11.7. The summed E-state index contributed by atoms with van der Waals surface area (Å²) in [5, 5.41) is 14.5. The molecule has 0 radical (unpaired) electrons. The van der Waals surface area contributed by atoms with Crippen molar-refractivity contribution in [2.75, 3.05) is 0 Å². The second-order valence-corrected chi connectivity index (χ2v) is 14.9. The summed E-state index contributed by atoms with van der Waals surface area (Å²) < 4.78 is 0. The van der Waals surface area contributed by atoms with E-state index >= 15 is 0 Å². The average Bonchev–Trinajstić information content (AvgIpc) is 3.64. The van der Waals surface area contributed by atoms with E-state index in [-0.39, 0.29) is 0 Å². The van der Waals surface area contributed by atoms with Crippen LogP contribution in [0, 0.1) is 11.3 Å². The van der Waals surface area contributed by atoms with Gasteiger partial charge in [0.15, 0.2) is 0 Å². The van der Waals surface area contributed by atoms with Crippen molar-refractivity contribution in [1.29, 1.82) is 5.26 Å². The first-order chi connectivity index (χ1) is 28.7. The van der Waals surface area contributed by atoms with Gasteiger partial charge in [-0.15, -0.1) is 0 Å². The van der Waals surface area contributed by atoms with Crippen molar-refractivity contribution in [2.24, 2.45) is 0 Å². The highest BCUT2D eigenvalue weighted by Gasteiger charge is 2.25. The van der Waals surface area contributed by atoms with E-state index in [9.17, 15) is 5.26 Å². The molecule has 0 amide bonds. The Morgan fingerprint density at radius 2 is 0.707 bits per heavy atom. The van der Waals surface area contributed by atoms with Crippen molar-refractivity contribution in [3.63, 3.8) is 0 Å². The van der Waals surface area contributed by atoms with E-state index in [0.717, 1.165) is 44.8 Å². The van der Waals surface area contributed by atoms with Gasteiger partial charge in [-0.1, -0.05) is 182 Å². The lowest BCUT2D eigenvalue weighted by molar-refractivity contribution is 1.32. The second-order valence-electron chi connectivity index (χ2n) is 14.9. The smallest absolute Gasteiger partial charge is 0.0991 e. The van der Waals surface area contributed by atoms with Crippen molar-refractivity contribution >= 4 is 21.5 Å². The quantitative estimate of drug-likeness (QED) is 0.171. The van der Waals surface area contributed by atoms with Crippen LogP contribution in [0.5, 0.6) is 0 Å². The van der Waals surface area contributed by atoms with Gasteiger partial charge in [-0.25, -0.2) is 4.98 Å². The van der Waals surface area contributed by atoms with E-state index in [1.807, 2.05) is 18.2 Å². The number of hydrogen-bond donors (Lipinski definition) is 0. The topological polar surface area (TPSA) is 36.7 Å². The zero-order chi connectivity index (χ0) is 38.6. The molecule has 2 heteroatoms. The molecule has 11 rings (SSSR count). The van der Waals surface area contributed by atoms with Crippen molar-refractivity contribution in [1.82, 2.24) is 4.98 Å². The van der Waals surface area contributed by atoms with Gasteiger partial charge in [-0.3, -0.25) is 0 Å². The maximum absolute atomic E-state index is 9.56. The summed E-state index contributed by atoms with van der Waals surface area (Å²) in [5.41, 5.74) is 19.1. The van der Waals surface area contributed by atoms with Gasteiger partial charge in [0.2, 0.25) is 0 Å². The zero-order valence-corrected chi connectivity index (χ0v) is 31.5. The SMILES string of the molecule is N#Cc1ccc(-c2ccc3c4c(ccc(-c5ccc(-c6ccc(-c7cc(-c8ccccc8)cc(-c8ccccc8)n7)cc6)c6ccccc56)c24)-c2ccccc2-3)cc1. The molecule has 0 fully saturated rings. The van der Waals surface area contributed by atoms with Gasteiger partial charge in [0, 0.05) is 11.1 Å². The summed E-state index contributed by atoms with van der Waals surface area (Å²) in [5.74, 6) is 0. The molecule has 0 unspecified atom stereocenters. The van der Waals surface area contributed by atoms with Crippen LogP contribution in [-0.4, -0.2) is 4.98 Å². The summed E-state index contributed by atoms with van der Waals surface area (Å²) in [6, 6.07) is 75.7. The number of benzene rings is 9. The summed E-state index contributed by atoms with van der Waals surface area (Å²) in [7, 11) is 0. The average molecular weight is 735 g/mol. The first-order valence-corrected chi connectivity index (χ1v) is 19.7. The number of aromatic nitrogens is 1. The van der Waals surface area contributed by atoms with E-state index < -0.39 is 0 Å². The van der Waals surface area contributed by atoms with Gasteiger partial charge in [0.25, 0.3) is 0 Å². The fourth-order valence-corrected chi connectivity index (χ4v) is 8.93. The predicted octanol–water partition coefficient (Wildman–Crippen LogP) is 14.9. The molecule has 0 atom stereocenters. The molecule has 0 saturated carbocycles. The zero-order valence-electron chi connectivity index (χ0n) is 31.5. The number of nitriles is 1. The molecule has 0 spiro atoms. The maximum Gasteiger partial charge on any atom is 0.0991 e. The summed E-state index contributed by atoms with van der Waals surface area (Å²) >= 11 is 0. The monoisotopic (exact) mass is 734 g/mol. The van der Waals surface area contributed by atoms with Gasteiger partial charge >= 0.3 is 0 Å². The molecule has 10 aromatic rings. The Bertz CT molecular complexity index is 3160. The molecule has 9 aromatic carbocycles. The van der Waals surface area contributed by atoms with Crippen LogP contribution < -0.4 is 0 Å². The first-order valence-electron chi connectivity index (χ1n) is 19.7. The lowest BCUT2D eigenvalue weighted by atomic mass is 9.85. The normalized spacial score (nSPS) is 11.4. The van der Waals surface area contributed by atoms with Gasteiger partial charge in [0.05, 0.1) is 23.0 Å². The van der Waals surface area contributed by atoms with E-state index in [1.165, 1.54) is 66.1 Å². The lowest BCUT2D eigenvalue weighted by Crippen LogP contribution is -1.92. The van der Waals surface area contributed by atoms with E-state index in [0.29, 0.717) is 5.56 Å². The standard InChI is InChI=1S/C56H34N2/c57-35-36-19-21-39(22-20-36)44-28-30-50-47-17-9-10-18-48(47)51-31-32-52(55(44)56(50)51)49-29-27-43(45-15-7-8-16-46(45)49)38-23-25-41(26-24-38)54-34-42(37-11-3-1-4-12-37)33-53(58-54)40-13-5-2-6-14-40/h1-34H. The molecule has 0 N–H and O–H groups in total. The van der Waals surface area contributed by atoms with Gasteiger partial charge in [-0.05, 0) is 113 Å². The Kier molecular flexibility index (Phi) is 7.91. The Labute approximate surface area is 337 Å². The van der Waals surface area contributed by atoms with Crippen LogP contribution in [0.1, 0.15) is 5.56 Å². The molecular weight excluding hydrogens is 701 g/mol. The molecule has 1 heterocycles. The number of rotatable bonds is 6. The van der Waals surface area contributed by atoms with Crippen LogP contribution in [-0.2, 0) is 0 Å². The molecule has 1 aliphatic rings. The van der Waals surface area contributed by atoms with Gasteiger partial charge < -0.3 is 0 Å². The third kappa shape index (κ3) is 5.53. The number of hydrogen-bond acceptors (Lipinski definition) is 2. The predicted molar refractivity (Wildman–Crippen MR) is 241 cm³/mol. The fourth-order valence-electron chi connectivity index (χ4n) is 8.93. The number of pyridine rings is 1. The Balaban J connectivity index is 1.05. The largest absolute Gasteiger partial charge is 0.248 e. The van der Waals surface area contributed by atoms with E-state index in [1.54, 1.807) is 0 Å². The summed E-state index contributed by atoms with van der Waals surface area (Å²) in [4.78, 5) is 5.18. The molecule has 0 bridgehead atoms. The van der Waals surface area contributed by atoms with Crippen LogP contribution >= 0.6 is 0 Å². The molecule has 58 heavy (non-hydrogen) atoms. The van der Waals surface area contributed by atoms with Crippen LogP contribution in [0.2, 0.25) is 0 Å². The number of nitrogens with zero attached hydrogens (tertiary/aromatic N) is 2. The second kappa shape index (κ2) is 13.7. The van der Waals surface area contributed by atoms with Crippen LogP contribution in [0.25, 0.3) is 111 Å². The summed E-state index contributed by atoms with van der Waals surface area (Å²) in [6.45, 7) is 0. The molecule has 268 valence electrons. The van der Waals surface area contributed by atoms with Gasteiger partial charge in [-0.2, -0.15) is 5.26 Å². The third-order valence-electron chi connectivity index (χ3n) is 11.7. The van der Waals surface area contributed by atoms with Gasteiger partial charge in [0.1, 0.15) is 0 Å². The highest BCUT2D eigenvalue weighted by atomic mass is 14.7. The molecule has 0 aliphatic heterocycles. The molecular formula is C56H34N2. The number of fused-ring (bicyclic) bond motifs is 4. The minimum Gasteiger partial charge on any atom is -0.248 e. The van der Waals surface area contributed by atoms with E-state index in [4.69, 9.17) is 4.98 Å². The highest BCUT2D eigenvalue weighted by molar-refractivity contribution is 6.24. The molecule has 1 aliphatic carbocycles. The maximum atomic E-state index is 9.56. The Morgan fingerprint density at radius 1 is 0.293 bits per heavy atom. The lowest BCUT2D eigenvalue weighted by Gasteiger charge is -2.18. The summed E-state index contributed by atoms with van der Waals surface area (Å²) in [6.07, 6.45) is 0. The van der Waals surface area contributed by atoms with Crippen molar-refractivity contribution < 1.29 is 0 Å². The highest BCUT2D eigenvalue weighted by Crippen LogP contribution is 2.52.